The Hall–Kier alpha value is -1.43. The molecule has 0 saturated carbocycles. The zero-order chi connectivity index (χ0) is 13.1. The van der Waals surface area contributed by atoms with Gasteiger partial charge >= 0.3 is 11.9 Å². The summed E-state index contributed by atoms with van der Waals surface area (Å²) in [7, 11) is 0. The van der Waals surface area contributed by atoms with E-state index in [1.165, 1.54) is 13.8 Å². The Labute approximate surface area is 95.1 Å². The summed E-state index contributed by atoms with van der Waals surface area (Å²) in [6.07, 6.45) is -0.361. The summed E-state index contributed by atoms with van der Waals surface area (Å²) in [6.45, 7) is 8.01. The number of Topliss-reactive ketones (excluding diaryl/α,β-unsaturated/α-hetero) is 1. The molecule has 0 spiro atoms. The van der Waals surface area contributed by atoms with Gasteiger partial charge in [0.05, 0.1) is 0 Å². The van der Waals surface area contributed by atoms with Crippen LogP contribution in [0.4, 0.5) is 0 Å². The lowest BCUT2D eigenvalue weighted by atomic mass is 10.3. The molecule has 94 valence electrons. The Morgan fingerprint density at radius 3 is 1.62 bits per heavy atom. The van der Waals surface area contributed by atoms with E-state index >= 15 is 0 Å². The molecule has 0 radical (unpaired) electrons. The number of carboxylic acid groups (broad SMARTS) is 1. The minimum absolute atomic E-state index is 0.251. The topological polar surface area (TPSA) is 83.9 Å². The summed E-state index contributed by atoms with van der Waals surface area (Å²) < 4.78 is 0. The second-order valence-corrected chi connectivity index (χ2v) is 2.97. The fraction of sp³-hybridized carbons (Fsp3) is 0.700. The Morgan fingerprint density at radius 1 is 1.12 bits per heavy atom. The summed E-state index contributed by atoms with van der Waals surface area (Å²) in [5, 5.41) is 9.46. The third kappa shape index (κ3) is 15.1. The molecule has 0 aliphatic rings. The van der Waals surface area contributed by atoms with Gasteiger partial charge in [-0.2, -0.15) is 0 Å². The molecule has 0 bridgehead atoms. The van der Waals surface area contributed by atoms with Crippen molar-refractivity contribution in [1.29, 1.82) is 0 Å². The number of hydroxylamine groups is 2. The van der Waals surface area contributed by atoms with Crippen molar-refractivity contribution in [2.24, 2.45) is 0 Å². The SMILES string of the molecule is CC(=O)CC(=O)O.CCN(CC)OC(C)=O. The van der Waals surface area contributed by atoms with Crippen LogP contribution in [-0.2, 0) is 19.2 Å². The van der Waals surface area contributed by atoms with Gasteiger partial charge in [-0.1, -0.05) is 0 Å². The molecule has 0 atom stereocenters. The Kier molecular flexibility index (Phi) is 10.7. The van der Waals surface area contributed by atoms with Gasteiger partial charge in [-0.25, -0.2) is 0 Å². The van der Waals surface area contributed by atoms with Crippen LogP contribution in [0.25, 0.3) is 0 Å². The van der Waals surface area contributed by atoms with Crippen LogP contribution in [0, 0.1) is 0 Å². The van der Waals surface area contributed by atoms with Crippen molar-refractivity contribution in [3.63, 3.8) is 0 Å². The van der Waals surface area contributed by atoms with Gasteiger partial charge in [0.15, 0.2) is 0 Å². The maximum absolute atomic E-state index is 10.3. The summed E-state index contributed by atoms with van der Waals surface area (Å²) >= 11 is 0. The maximum Gasteiger partial charge on any atom is 0.322 e. The lowest BCUT2D eigenvalue weighted by molar-refractivity contribution is -0.185. The van der Waals surface area contributed by atoms with Gasteiger partial charge in [0.2, 0.25) is 0 Å². The van der Waals surface area contributed by atoms with Crippen LogP contribution < -0.4 is 0 Å². The lowest BCUT2D eigenvalue weighted by Gasteiger charge is -2.15. The zero-order valence-corrected chi connectivity index (χ0v) is 10.1. The van der Waals surface area contributed by atoms with E-state index < -0.39 is 5.97 Å². The third-order valence-electron chi connectivity index (χ3n) is 1.36. The molecule has 0 aliphatic heterocycles. The average molecular weight is 233 g/mol. The fourth-order valence-electron chi connectivity index (χ4n) is 0.747. The minimum atomic E-state index is -1.06. The van der Waals surface area contributed by atoms with Gasteiger partial charge in [0.1, 0.15) is 12.2 Å². The first kappa shape index (κ1) is 17.0. The van der Waals surface area contributed by atoms with Crippen molar-refractivity contribution in [3.8, 4) is 0 Å². The van der Waals surface area contributed by atoms with Gasteiger partial charge < -0.3 is 9.94 Å². The normalized spacial score (nSPS) is 9.06. The third-order valence-corrected chi connectivity index (χ3v) is 1.36. The molecule has 0 fully saturated rings. The Balaban J connectivity index is 0. The second-order valence-electron chi connectivity index (χ2n) is 2.97. The van der Waals surface area contributed by atoms with Gasteiger partial charge in [0.25, 0.3) is 0 Å². The number of carbonyl (C=O) groups excluding carboxylic acids is 2. The van der Waals surface area contributed by atoms with Crippen molar-refractivity contribution in [3.05, 3.63) is 0 Å². The number of nitrogens with zero attached hydrogens (tertiary/aromatic N) is 1. The van der Waals surface area contributed by atoms with Gasteiger partial charge in [-0.3, -0.25) is 14.4 Å². The van der Waals surface area contributed by atoms with Crippen molar-refractivity contribution < 1.29 is 24.3 Å². The van der Waals surface area contributed by atoms with Crippen molar-refractivity contribution in [2.45, 2.75) is 34.1 Å². The molecule has 0 unspecified atom stereocenters. The summed E-state index contributed by atoms with van der Waals surface area (Å²) in [5.41, 5.74) is 0. The predicted molar refractivity (Wildman–Crippen MR) is 57.6 cm³/mol. The largest absolute Gasteiger partial charge is 0.481 e. The van der Waals surface area contributed by atoms with Crippen LogP contribution in [0.1, 0.15) is 34.1 Å². The first-order valence-corrected chi connectivity index (χ1v) is 4.98. The van der Waals surface area contributed by atoms with E-state index in [9.17, 15) is 14.4 Å². The van der Waals surface area contributed by atoms with Crippen LogP contribution >= 0.6 is 0 Å². The number of ketones is 1. The van der Waals surface area contributed by atoms with Gasteiger partial charge in [-0.05, 0) is 20.8 Å². The van der Waals surface area contributed by atoms with Crippen LogP contribution in [0.5, 0.6) is 0 Å². The molecule has 6 heteroatoms. The molecule has 16 heavy (non-hydrogen) atoms. The summed E-state index contributed by atoms with van der Waals surface area (Å²) in [6, 6.07) is 0. The number of hydrogen-bond donors (Lipinski definition) is 1. The molecule has 0 saturated heterocycles. The molecular weight excluding hydrogens is 214 g/mol. The molecule has 1 N–H and O–H groups in total. The van der Waals surface area contributed by atoms with Crippen LogP contribution in [0.15, 0.2) is 0 Å². The van der Waals surface area contributed by atoms with Crippen molar-refractivity contribution in [1.82, 2.24) is 5.06 Å². The monoisotopic (exact) mass is 233 g/mol. The zero-order valence-electron chi connectivity index (χ0n) is 10.1. The van der Waals surface area contributed by atoms with Gasteiger partial charge in [-0.15, -0.1) is 5.06 Å². The van der Waals surface area contributed by atoms with E-state index in [0.717, 1.165) is 13.1 Å². The second kappa shape index (κ2) is 10.1. The highest BCUT2D eigenvalue weighted by atomic mass is 16.7. The average Bonchev–Trinajstić information content (AvgIpc) is 2.12. The molecule has 0 aromatic heterocycles. The fourth-order valence-corrected chi connectivity index (χ4v) is 0.747. The molecule has 0 heterocycles. The van der Waals surface area contributed by atoms with Crippen LogP contribution in [0.3, 0.4) is 0 Å². The minimum Gasteiger partial charge on any atom is -0.481 e. The molecule has 0 rings (SSSR count). The van der Waals surface area contributed by atoms with E-state index in [1.807, 2.05) is 13.8 Å². The van der Waals surface area contributed by atoms with Crippen molar-refractivity contribution >= 4 is 17.7 Å². The van der Waals surface area contributed by atoms with E-state index in [0.29, 0.717) is 0 Å². The molecule has 0 amide bonds. The highest BCUT2D eigenvalue weighted by molar-refractivity contribution is 5.93. The van der Waals surface area contributed by atoms with Crippen LogP contribution in [0.2, 0.25) is 0 Å². The molecule has 0 aromatic carbocycles. The van der Waals surface area contributed by atoms with E-state index in [1.54, 1.807) is 5.06 Å². The van der Waals surface area contributed by atoms with E-state index in [2.05, 4.69) is 0 Å². The standard InChI is InChI=1S/C6H13NO2.C4H6O3/c1-4-7(5-2)9-6(3)8;1-3(5)2-4(6)7/h4-5H2,1-3H3;2H2,1H3,(H,6,7). The van der Waals surface area contributed by atoms with Crippen LogP contribution in [-0.4, -0.2) is 41.0 Å². The Morgan fingerprint density at radius 2 is 1.56 bits per heavy atom. The summed E-state index contributed by atoms with van der Waals surface area (Å²) in [5.74, 6) is -1.63. The van der Waals surface area contributed by atoms with Crippen molar-refractivity contribution in [2.75, 3.05) is 13.1 Å². The van der Waals surface area contributed by atoms with E-state index in [-0.39, 0.29) is 18.2 Å². The maximum atomic E-state index is 10.3. The molecule has 0 aromatic rings. The molecule has 0 aliphatic carbocycles. The van der Waals surface area contributed by atoms with E-state index in [4.69, 9.17) is 9.94 Å². The van der Waals surface area contributed by atoms with Gasteiger partial charge in [0, 0.05) is 20.0 Å². The quantitative estimate of drug-likeness (QED) is 0.560. The number of carbonyl (C=O) groups is 3. The number of rotatable bonds is 5. The molecule has 6 nitrogen and oxygen atoms in total. The highest BCUT2D eigenvalue weighted by Crippen LogP contribution is 1.87. The number of hydrogen-bond acceptors (Lipinski definition) is 5. The number of aliphatic carboxylic acids is 1. The Bertz CT molecular complexity index is 223. The smallest absolute Gasteiger partial charge is 0.322 e. The lowest BCUT2D eigenvalue weighted by Crippen LogP contribution is -2.25. The first-order valence-electron chi connectivity index (χ1n) is 4.98. The summed E-state index contributed by atoms with van der Waals surface area (Å²) in [4.78, 5) is 34.5. The number of carboxylic acids is 1. The first-order chi connectivity index (χ1) is 7.33. The highest BCUT2D eigenvalue weighted by Gasteiger charge is 2.00. The predicted octanol–water partition coefficient (Wildman–Crippen LogP) is 0.856. The molecular formula is C10H19NO5.